The molecule has 0 fully saturated rings. The van der Waals surface area contributed by atoms with Gasteiger partial charge in [-0.2, -0.15) is 0 Å². The van der Waals surface area contributed by atoms with Crippen LogP contribution in [0.1, 0.15) is 6.92 Å². The zero-order valence-corrected chi connectivity index (χ0v) is 9.37. The third kappa shape index (κ3) is 16.1. The topological polar surface area (TPSA) is 26.3 Å². The van der Waals surface area contributed by atoms with Crippen molar-refractivity contribution in [2.75, 3.05) is 6.61 Å². The maximum atomic E-state index is 9.71. The molecule has 0 rings (SSSR count). The second kappa shape index (κ2) is 10.4. The average Bonchev–Trinajstić information content (AvgIpc) is 1.72. The molecule has 0 atom stereocenters. The summed E-state index contributed by atoms with van der Waals surface area (Å²) < 4.78 is 4.29. The van der Waals surface area contributed by atoms with Crippen molar-refractivity contribution in [3.63, 3.8) is 0 Å². The molecule has 0 aromatic carbocycles. The van der Waals surface area contributed by atoms with Gasteiger partial charge < -0.3 is 4.74 Å². The van der Waals surface area contributed by atoms with E-state index in [4.69, 9.17) is 0 Å². The third-order valence-electron chi connectivity index (χ3n) is 0.305. The minimum atomic E-state index is -0.461. The molecule has 4 heteroatoms. The van der Waals surface area contributed by atoms with Crippen molar-refractivity contribution >= 4 is 19.6 Å². The number of halogens is 1. The monoisotopic (exact) mass is 230 g/mol. The number of rotatable bonds is 1. The molecule has 0 saturated heterocycles. The molecule has 2 nitrogen and oxygen atoms in total. The van der Waals surface area contributed by atoms with Gasteiger partial charge >= 0.3 is 30.0 Å². The number of carbonyl (C=O) groups is 1. The van der Waals surface area contributed by atoms with Crippen molar-refractivity contribution in [3.8, 4) is 0 Å². The van der Waals surface area contributed by atoms with Crippen molar-refractivity contribution in [2.24, 2.45) is 0 Å². The van der Waals surface area contributed by atoms with Gasteiger partial charge in [-0.25, -0.2) is 0 Å². The molecule has 0 aliphatic heterocycles. The van der Waals surface area contributed by atoms with Crippen molar-refractivity contribution in [3.05, 3.63) is 6.92 Å². The Balaban J connectivity index is 0. The van der Waals surface area contributed by atoms with Gasteiger partial charge in [0.2, 0.25) is 0 Å². The summed E-state index contributed by atoms with van der Waals surface area (Å²) in [5.74, 6) is -0.461. The van der Waals surface area contributed by atoms with Gasteiger partial charge in [0.05, 0.1) is 6.61 Å². The van der Waals surface area contributed by atoms with Crippen molar-refractivity contribution in [1.29, 1.82) is 0 Å². The zero-order valence-electron chi connectivity index (χ0n) is 4.82. The first-order valence-electron chi connectivity index (χ1n) is 2.02. The van der Waals surface area contributed by atoms with Gasteiger partial charge in [0.1, 0.15) is 0 Å². The second-order valence-corrected chi connectivity index (χ2v) is 0.805. The minimum absolute atomic E-state index is 0.419. The van der Waals surface area contributed by atoms with Gasteiger partial charge in [-0.3, -0.25) is 11.7 Å². The van der Waals surface area contributed by atoms with Gasteiger partial charge in [-0.1, -0.05) is 0 Å². The van der Waals surface area contributed by atoms with Crippen LogP contribution in [-0.4, -0.2) is 12.6 Å². The van der Waals surface area contributed by atoms with Crippen LogP contribution in [0.4, 0.5) is 0 Å². The zero-order chi connectivity index (χ0) is 6.99. The first-order valence-corrected chi connectivity index (χ1v) is 8.97. The van der Waals surface area contributed by atoms with E-state index in [9.17, 15) is 4.79 Å². The van der Waals surface area contributed by atoms with E-state index in [0.717, 1.165) is 0 Å². The Morgan fingerprint density at radius 1 is 1.88 bits per heavy atom. The summed E-state index contributed by atoms with van der Waals surface area (Å²) in [5.41, 5.74) is 0. The summed E-state index contributed by atoms with van der Waals surface area (Å²) in [4.78, 5) is 9.71. The molecule has 0 amide bonds. The fourth-order valence-electron chi connectivity index (χ4n) is 0.161. The molecule has 0 aliphatic rings. The Labute approximate surface area is 66.0 Å². The summed E-state index contributed by atoms with van der Waals surface area (Å²) >= 11 is 4.25. The van der Waals surface area contributed by atoms with Crippen LogP contribution in [0.3, 0.4) is 0 Å². The molecule has 0 bridgehead atoms. The van der Waals surface area contributed by atoms with Crippen LogP contribution in [0.15, 0.2) is 0 Å². The number of carbonyl (C=O) groups excluding carboxylic acids is 1. The van der Waals surface area contributed by atoms with E-state index in [2.05, 4.69) is 25.3 Å². The van der Waals surface area contributed by atoms with E-state index in [1.807, 2.05) is 0 Å². The molecule has 0 spiro atoms. The molecule has 8 heavy (non-hydrogen) atoms. The predicted octanol–water partition coefficient (Wildman–Crippen LogP) is 1.23. The maximum absolute atomic E-state index is 9.71. The standard InChI is InChI=1S/C4H7O2.BrH.Zn/c1-3-6-4(2)5;;/h2-3H2,1H3;1H;/q-1;;+2/p-1. The summed E-state index contributed by atoms with van der Waals surface area (Å²) in [6.07, 6.45) is 0. The molecule has 0 radical (unpaired) electrons. The molecule has 0 unspecified atom stereocenters. The van der Waals surface area contributed by atoms with Crippen molar-refractivity contribution in [1.82, 2.24) is 0 Å². The van der Waals surface area contributed by atoms with Crippen molar-refractivity contribution < 1.29 is 25.9 Å². The van der Waals surface area contributed by atoms with Crippen LogP contribution in [0.2, 0.25) is 0 Å². The Bertz CT molecular complexity index is 58.0. The Hall–Kier alpha value is 0.443. The van der Waals surface area contributed by atoms with E-state index in [1.54, 1.807) is 6.92 Å². The Morgan fingerprint density at radius 2 is 2.25 bits per heavy atom. The molecule has 0 N–H and O–H groups in total. The summed E-state index contributed by atoms with van der Waals surface area (Å²) in [6, 6.07) is 0. The quantitative estimate of drug-likeness (QED) is 0.386. The molecule has 0 aromatic heterocycles. The summed E-state index contributed by atoms with van der Waals surface area (Å²) in [7, 11) is 0. The molecular weight excluding hydrogens is 225 g/mol. The van der Waals surface area contributed by atoms with Crippen LogP contribution < -0.4 is 0 Å². The molecule has 0 aromatic rings. The van der Waals surface area contributed by atoms with Crippen LogP contribution in [0, 0.1) is 6.92 Å². The van der Waals surface area contributed by atoms with E-state index in [-0.39, 0.29) is 0 Å². The van der Waals surface area contributed by atoms with Crippen LogP contribution in [0.5, 0.6) is 0 Å². The first kappa shape index (κ1) is 11.3. The van der Waals surface area contributed by atoms with Gasteiger partial charge in [-0.15, -0.1) is 0 Å². The third-order valence-corrected chi connectivity index (χ3v) is 0.305. The summed E-state index contributed by atoms with van der Waals surface area (Å²) in [6.45, 7) is 5.13. The number of esters is 1. The number of hydrogen-bond acceptors (Lipinski definition) is 2. The fraction of sp³-hybridized carbons (Fsp3) is 0.500. The van der Waals surface area contributed by atoms with E-state index < -0.39 is 5.97 Å². The van der Waals surface area contributed by atoms with Crippen LogP contribution >= 0.6 is 13.6 Å². The molecule has 0 aliphatic carbocycles. The van der Waals surface area contributed by atoms with Crippen LogP contribution in [-0.2, 0) is 25.9 Å². The number of hydrogen-bond donors (Lipinski definition) is 0. The molecule has 44 valence electrons. The Morgan fingerprint density at radius 3 is 2.25 bits per heavy atom. The van der Waals surface area contributed by atoms with E-state index >= 15 is 0 Å². The van der Waals surface area contributed by atoms with E-state index in [1.165, 1.54) is 16.3 Å². The van der Waals surface area contributed by atoms with Crippen molar-refractivity contribution in [2.45, 2.75) is 6.92 Å². The van der Waals surface area contributed by atoms with E-state index in [0.29, 0.717) is 6.61 Å². The average molecular weight is 232 g/mol. The van der Waals surface area contributed by atoms with Gasteiger partial charge in [0, 0.05) is 0 Å². The second-order valence-electron chi connectivity index (χ2n) is 0.805. The summed E-state index contributed by atoms with van der Waals surface area (Å²) in [5, 5.41) is 0. The Kier molecular flexibility index (Phi) is 14.7. The predicted molar refractivity (Wildman–Crippen MR) is 30.9 cm³/mol. The molecular formula is C4H7BrO2Zn. The fourth-order valence-corrected chi connectivity index (χ4v) is 0.161. The SMILES string of the molecule is [CH2-]C(=O)OCC.[Zn+][Br]. The van der Waals surface area contributed by atoms with Crippen LogP contribution in [0.25, 0.3) is 0 Å². The van der Waals surface area contributed by atoms with Gasteiger partial charge in [-0.05, 0) is 6.92 Å². The first-order chi connectivity index (χ1) is 3.77. The normalized spacial score (nSPS) is 6.50. The molecule has 0 heterocycles. The molecule has 0 saturated carbocycles. The number of ether oxygens (including phenoxy) is 1. The van der Waals surface area contributed by atoms with Gasteiger partial charge in [0.15, 0.2) is 5.97 Å². The van der Waals surface area contributed by atoms with Gasteiger partial charge in [0.25, 0.3) is 0 Å².